The molecule has 3 N–H and O–H groups in total. The average Bonchev–Trinajstić information content (AvgIpc) is 3.56. The fourth-order valence-corrected chi connectivity index (χ4v) is 5.04. The van der Waals surface area contributed by atoms with Gasteiger partial charge in [0.05, 0.1) is 49.4 Å². The quantitative estimate of drug-likeness (QED) is 0.451. The van der Waals surface area contributed by atoms with Crippen LogP contribution in [0.15, 0.2) is 36.5 Å². The molecule has 36 heavy (non-hydrogen) atoms. The van der Waals surface area contributed by atoms with Gasteiger partial charge >= 0.3 is 0 Å². The Kier molecular flexibility index (Phi) is 5.86. The molecule has 3 saturated heterocycles. The summed E-state index contributed by atoms with van der Waals surface area (Å²) in [7, 11) is 0. The summed E-state index contributed by atoms with van der Waals surface area (Å²) in [5.74, 6) is 1.77. The molecule has 5 heterocycles. The summed E-state index contributed by atoms with van der Waals surface area (Å²) in [4.78, 5) is 26.4. The number of carbonyl (C=O) groups is 1. The highest BCUT2D eigenvalue weighted by molar-refractivity contribution is 5.98. The van der Waals surface area contributed by atoms with Crippen LogP contribution in [0.3, 0.4) is 0 Å². The predicted octanol–water partition coefficient (Wildman–Crippen LogP) is 2.73. The number of carbonyl (C=O) groups excluding carboxylic acids is 1. The minimum atomic E-state index is -0.330. The van der Waals surface area contributed by atoms with E-state index in [1.807, 2.05) is 29.2 Å². The van der Waals surface area contributed by atoms with Crippen molar-refractivity contribution in [2.24, 2.45) is 0 Å². The highest BCUT2D eigenvalue weighted by Crippen LogP contribution is 2.34. The van der Waals surface area contributed by atoms with Gasteiger partial charge in [-0.3, -0.25) is 9.89 Å². The maximum Gasteiger partial charge on any atom is 0.256 e. The molecule has 186 valence electrons. The number of ether oxygens (including phenoxy) is 2. The van der Waals surface area contributed by atoms with Gasteiger partial charge in [0.15, 0.2) is 0 Å². The molecular weight excluding hydrogens is 460 g/mol. The zero-order chi connectivity index (χ0) is 24.6. The molecule has 0 spiro atoms. The molecule has 2 aromatic heterocycles. The van der Waals surface area contributed by atoms with E-state index in [9.17, 15) is 4.79 Å². The molecular formula is C25H28N8O3. The molecule has 0 radical (unpaired) electrons. The minimum Gasteiger partial charge on any atom is -0.377 e. The minimum absolute atomic E-state index is 0.0216. The molecule has 11 nitrogen and oxygen atoms in total. The van der Waals surface area contributed by atoms with Gasteiger partial charge in [0.2, 0.25) is 5.95 Å². The third-order valence-electron chi connectivity index (χ3n) is 6.94. The van der Waals surface area contributed by atoms with Crippen LogP contribution in [0.2, 0.25) is 0 Å². The van der Waals surface area contributed by atoms with Crippen molar-refractivity contribution in [3.63, 3.8) is 0 Å². The van der Waals surface area contributed by atoms with Crippen LogP contribution in [0.25, 0.3) is 11.3 Å². The Morgan fingerprint density at radius 2 is 2.06 bits per heavy atom. The van der Waals surface area contributed by atoms with E-state index in [2.05, 4.69) is 27.3 Å². The number of benzene rings is 1. The third-order valence-corrected chi connectivity index (χ3v) is 6.94. The van der Waals surface area contributed by atoms with Crippen LogP contribution in [-0.4, -0.2) is 76.8 Å². The lowest BCUT2D eigenvalue weighted by atomic mass is 10.1. The van der Waals surface area contributed by atoms with Crippen LogP contribution in [0.5, 0.6) is 0 Å². The second-order valence-corrected chi connectivity index (χ2v) is 9.31. The number of aromatic amines is 1. The Morgan fingerprint density at radius 1 is 1.19 bits per heavy atom. The van der Waals surface area contributed by atoms with E-state index in [-0.39, 0.29) is 24.2 Å². The van der Waals surface area contributed by atoms with Gasteiger partial charge in [-0.15, -0.1) is 0 Å². The number of amides is 1. The second kappa shape index (κ2) is 9.32. The van der Waals surface area contributed by atoms with Gasteiger partial charge in [-0.25, -0.2) is 4.98 Å². The van der Waals surface area contributed by atoms with Gasteiger partial charge in [-0.05, 0) is 31.9 Å². The first-order chi connectivity index (χ1) is 17.6. The fourth-order valence-electron chi connectivity index (χ4n) is 5.04. The standard InChI is InChI=1S/C25H28N8O3/c1-15-14-35-11-10-32(15)25-29-22(19(12-26)23(30-25)28-21-8-9-27-31-21)16-2-4-17(5-3-16)33-13-18-6-7-20(36-18)24(33)34/h2-5,8-9,12,15,18,20,26H,6-7,10-11,13-14H2,1H3,(H2,27,28,29,30,31)/t15-,18?,20?/m1/s1. The molecule has 0 aliphatic carbocycles. The van der Waals surface area contributed by atoms with Crippen LogP contribution in [0, 0.1) is 5.41 Å². The molecule has 3 aliphatic rings. The van der Waals surface area contributed by atoms with E-state index >= 15 is 0 Å². The summed E-state index contributed by atoms with van der Waals surface area (Å²) in [6.45, 7) is 4.53. The van der Waals surface area contributed by atoms with Crippen LogP contribution in [-0.2, 0) is 14.3 Å². The smallest absolute Gasteiger partial charge is 0.256 e. The van der Waals surface area contributed by atoms with E-state index in [0.717, 1.165) is 24.1 Å². The Hall–Kier alpha value is -3.83. The zero-order valence-electron chi connectivity index (χ0n) is 20.0. The first-order valence-corrected chi connectivity index (χ1v) is 12.2. The first-order valence-electron chi connectivity index (χ1n) is 12.2. The number of anilines is 4. The molecule has 3 aliphatic heterocycles. The molecule has 2 bridgehead atoms. The van der Waals surface area contributed by atoms with Crippen molar-refractivity contribution in [3.05, 3.63) is 42.1 Å². The number of rotatable bonds is 6. The first kappa shape index (κ1) is 22.6. The molecule has 3 atom stereocenters. The van der Waals surface area contributed by atoms with E-state index in [1.54, 1.807) is 12.3 Å². The summed E-state index contributed by atoms with van der Waals surface area (Å²) < 4.78 is 11.4. The van der Waals surface area contributed by atoms with E-state index in [0.29, 0.717) is 55.1 Å². The number of nitrogens with one attached hydrogen (secondary N) is 3. The Balaban J connectivity index is 1.38. The Labute approximate surface area is 208 Å². The fraction of sp³-hybridized carbons (Fsp3) is 0.400. The summed E-state index contributed by atoms with van der Waals surface area (Å²) >= 11 is 0. The summed E-state index contributed by atoms with van der Waals surface area (Å²) in [6, 6.07) is 9.68. The highest BCUT2D eigenvalue weighted by Gasteiger charge is 2.40. The maximum absolute atomic E-state index is 12.8. The summed E-state index contributed by atoms with van der Waals surface area (Å²) in [6.07, 6.45) is 4.39. The molecule has 2 unspecified atom stereocenters. The second-order valence-electron chi connectivity index (χ2n) is 9.31. The van der Waals surface area contributed by atoms with E-state index < -0.39 is 0 Å². The molecule has 6 rings (SSSR count). The maximum atomic E-state index is 12.8. The SMILES string of the molecule is C[C@@H]1COCCN1c1nc(Nc2ccn[nH]2)c(C=N)c(-c2ccc(N3CC4CCC(O4)C3=O)cc2)n1. The molecule has 1 aromatic carbocycles. The van der Waals surface area contributed by atoms with Crippen molar-refractivity contribution in [3.8, 4) is 11.3 Å². The van der Waals surface area contributed by atoms with Crippen molar-refractivity contribution >= 4 is 35.4 Å². The predicted molar refractivity (Wildman–Crippen MR) is 135 cm³/mol. The summed E-state index contributed by atoms with van der Waals surface area (Å²) in [5.41, 5.74) is 2.86. The third kappa shape index (κ3) is 4.10. The number of aromatic nitrogens is 4. The van der Waals surface area contributed by atoms with Crippen molar-refractivity contribution in [1.29, 1.82) is 5.41 Å². The lowest BCUT2D eigenvalue weighted by Gasteiger charge is -2.34. The highest BCUT2D eigenvalue weighted by atomic mass is 16.5. The molecule has 3 fully saturated rings. The van der Waals surface area contributed by atoms with Crippen molar-refractivity contribution < 1.29 is 14.3 Å². The Morgan fingerprint density at radius 3 is 2.81 bits per heavy atom. The van der Waals surface area contributed by atoms with Gasteiger partial charge in [-0.1, -0.05) is 12.1 Å². The van der Waals surface area contributed by atoms with E-state index in [4.69, 9.17) is 24.9 Å². The van der Waals surface area contributed by atoms with Crippen LogP contribution in [0.4, 0.5) is 23.3 Å². The van der Waals surface area contributed by atoms with E-state index in [1.165, 1.54) is 6.21 Å². The average molecular weight is 489 g/mol. The summed E-state index contributed by atoms with van der Waals surface area (Å²) in [5, 5.41) is 18.3. The molecule has 3 aromatic rings. The van der Waals surface area contributed by atoms with Crippen molar-refractivity contribution in [2.45, 2.75) is 38.0 Å². The zero-order valence-corrected chi connectivity index (χ0v) is 20.0. The van der Waals surface area contributed by atoms with Gasteiger partial charge in [0.25, 0.3) is 5.91 Å². The number of morpholine rings is 2. The largest absolute Gasteiger partial charge is 0.377 e. The van der Waals surface area contributed by atoms with Crippen molar-refractivity contribution in [2.75, 3.05) is 41.4 Å². The van der Waals surface area contributed by atoms with Crippen LogP contribution >= 0.6 is 0 Å². The number of fused-ring (bicyclic) bond motifs is 2. The normalized spacial score (nSPS) is 23.7. The van der Waals surface area contributed by atoms with Gasteiger partial charge in [0.1, 0.15) is 17.7 Å². The van der Waals surface area contributed by atoms with Crippen LogP contribution < -0.4 is 15.1 Å². The van der Waals surface area contributed by atoms with Crippen LogP contribution in [0.1, 0.15) is 25.3 Å². The number of hydrogen-bond acceptors (Lipinski definition) is 9. The monoisotopic (exact) mass is 488 g/mol. The molecule has 1 amide bonds. The van der Waals surface area contributed by atoms with Gasteiger partial charge in [0, 0.05) is 30.1 Å². The lowest BCUT2D eigenvalue weighted by Crippen LogP contribution is -2.47. The molecule has 0 saturated carbocycles. The number of nitrogens with zero attached hydrogens (tertiary/aromatic N) is 5. The van der Waals surface area contributed by atoms with Gasteiger partial charge < -0.3 is 30.0 Å². The van der Waals surface area contributed by atoms with Gasteiger partial charge in [-0.2, -0.15) is 10.1 Å². The Bertz CT molecular complexity index is 1260. The van der Waals surface area contributed by atoms with Crippen molar-refractivity contribution in [1.82, 2.24) is 20.2 Å². The lowest BCUT2D eigenvalue weighted by molar-refractivity contribution is -0.133. The topological polar surface area (TPSA) is 132 Å². The molecule has 11 heteroatoms. The number of hydrogen-bond donors (Lipinski definition) is 3. The number of H-pyrrole nitrogens is 1.